The molecule has 1 atom stereocenters. The molecule has 0 aliphatic carbocycles. The lowest BCUT2D eigenvalue weighted by Crippen LogP contribution is -2.34. The Bertz CT molecular complexity index is 536. The maximum atomic E-state index is 12.2. The van der Waals surface area contributed by atoms with E-state index in [0.717, 1.165) is 43.5 Å². The number of hydrogen-bond donors (Lipinski definition) is 0. The van der Waals surface area contributed by atoms with Gasteiger partial charge in [0.1, 0.15) is 11.8 Å². The van der Waals surface area contributed by atoms with Crippen LogP contribution in [0.5, 0.6) is 5.75 Å². The molecule has 2 heterocycles. The molecule has 2 saturated heterocycles. The third-order valence-corrected chi connectivity index (χ3v) is 4.30. The van der Waals surface area contributed by atoms with E-state index in [0.29, 0.717) is 6.54 Å². The molecule has 0 radical (unpaired) electrons. The molecule has 2 aliphatic heterocycles. The van der Waals surface area contributed by atoms with Crippen molar-refractivity contribution in [3.63, 3.8) is 0 Å². The standard InChI is InChI=1S/C16H20N2O3/c1-21-14-9-3-2-6-12(14)7-4-11-18-15(19)13-8-5-10-17(13)16(18)20/h2-3,6,9,13H,4-5,7-8,10-11H2,1H3/t13-/m0/s1. The van der Waals surface area contributed by atoms with Crippen LogP contribution in [0, 0.1) is 0 Å². The fourth-order valence-corrected chi connectivity index (χ4v) is 3.22. The lowest BCUT2D eigenvalue weighted by molar-refractivity contribution is -0.128. The van der Waals surface area contributed by atoms with Crippen LogP contribution in [0.15, 0.2) is 24.3 Å². The summed E-state index contributed by atoms with van der Waals surface area (Å²) < 4.78 is 5.32. The molecule has 2 aliphatic rings. The highest BCUT2D eigenvalue weighted by Crippen LogP contribution is 2.27. The van der Waals surface area contributed by atoms with E-state index in [4.69, 9.17) is 4.74 Å². The van der Waals surface area contributed by atoms with E-state index in [2.05, 4.69) is 0 Å². The fraction of sp³-hybridized carbons (Fsp3) is 0.500. The number of benzene rings is 1. The Morgan fingerprint density at radius 2 is 2.10 bits per heavy atom. The van der Waals surface area contributed by atoms with Crippen LogP contribution in [0.4, 0.5) is 4.79 Å². The summed E-state index contributed by atoms with van der Waals surface area (Å²) in [6.45, 7) is 1.21. The number of rotatable bonds is 5. The average Bonchev–Trinajstić information content (AvgIpc) is 3.07. The van der Waals surface area contributed by atoms with Gasteiger partial charge >= 0.3 is 6.03 Å². The van der Waals surface area contributed by atoms with Gasteiger partial charge in [0.05, 0.1) is 7.11 Å². The maximum absolute atomic E-state index is 12.2. The molecule has 0 N–H and O–H groups in total. The first-order valence-corrected chi connectivity index (χ1v) is 7.46. The number of ether oxygens (including phenoxy) is 1. The second kappa shape index (κ2) is 5.76. The number of methoxy groups -OCH3 is 1. The van der Waals surface area contributed by atoms with Gasteiger partial charge in [-0.3, -0.25) is 9.69 Å². The number of carbonyl (C=O) groups is 2. The summed E-state index contributed by atoms with van der Waals surface area (Å²) in [5, 5.41) is 0. The topological polar surface area (TPSA) is 49.9 Å². The third kappa shape index (κ3) is 2.48. The molecule has 0 unspecified atom stereocenters. The van der Waals surface area contributed by atoms with Crippen LogP contribution in [0.2, 0.25) is 0 Å². The first kappa shape index (κ1) is 13.9. The lowest BCUT2D eigenvalue weighted by Gasteiger charge is -2.15. The SMILES string of the molecule is COc1ccccc1CCCN1C(=O)[C@@H]2CCCN2C1=O. The van der Waals surface area contributed by atoms with E-state index in [1.165, 1.54) is 4.90 Å². The first-order chi connectivity index (χ1) is 10.2. The van der Waals surface area contributed by atoms with Crippen LogP contribution in [0.3, 0.4) is 0 Å². The van der Waals surface area contributed by atoms with E-state index in [1.54, 1.807) is 12.0 Å². The molecule has 3 rings (SSSR count). The molecule has 5 nitrogen and oxygen atoms in total. The average molecular weight is 288 g/mol. The zero-order valence-corrected chi connectivity index (χ0v) is 12.2. The number of aryl methyl sites for hydroxylation is 1. The quantitative estimate of drug-likeness (QED) is 0.779. The highest BCUT2D eigenvalue weighted by molar-refractivity contribution is 6.04. The Hall–Kier alpha value is -2.04. The van der Waals surface area contributed by atoms with E-state index >= 15 is 0 Å². The van der Waals surface area contributed by atoms with E-state index in [1.807, 2.05) is 24.3 Å². The number of amides is 3. The van der Waals surface area contributed by atoms with Crippen molar-refractivity contribution in [1.82, 2.24) is 9.80 Å². The molecule has 112 valence electrons. The molecule has 2 fully saturated rings. The minimum atomic E-state index is -0.191. The van der Waals surface area contributed by atoms with Crippen molar-refractivity contribution in [3.8, 4) is 5.75 Å². The zero-order chi connectivity index (χ0) is 14.8. The molecular formula is C16H20N2O3. The van der Waals surface area contributed by atoms with E-state index < -0.39 is 0 Å². The summed E-state index contributed by atoms with van der Waals surface area (Å²) >= 11 is 0. The number of fused-ring (bicyclic) bond motifs is 1. The number of para-hydroxylation sites is 1. The lowest BCUT2D eigenvalue weighted by atomic mass is 10.1. The number of carbonyl (C=O) groups excluding carboxylic acids is 2. The molecule has 1 aromatic carbocycles. The smallest absolute Gasteiger partial charge is 0.327 e. The zero-order valence-electron chi connectivity index (χ0n) is 12.2. The molecular weight excluding hydrogens is 268 g/mol. The van der Waals surface area contributed by atoms with E-state index in [-0.39, 0.29) is 18.0 Å². The monoisotopic (exact) mass is 288 g/mol. The van der Waals surface area contributed by atoms with Gasteiger partial charge in [-0.25, -0.2) is 4.79 Å². The number of nitrogens with zero attached hydrogens (tertiary/aromatic N) is 2. The van der Waals surface area contributed by atoms with Crippen molar-refractivity contribution < 1.29 is 14.3 Å². The summed E-state index contributed by atoms with van der Waals surface area (Å²) in [5.41, 5.74) is 1.11. The highest BCUT2D eigenvalue weighted by atomic mass is 16.5. The van der Waals surface area contributed by atoms with Gasteiger partial charge in [0.25, 0.3) is 5.91 Å². The summed E-state index contributed by atoms with van der Waals surface area (Å²) in [6, 6.07) is 7.55. The van der Waals surface area contributed by atoms with Crippen LogP contribution < -0.4 is 4.74 Å². The molecule has 0 spiro atoms. The van der Waals surface area contributed by atoms with Crippen molar-refractivity contribution in [3.05, 3.63) is 29.8 Å². The summed E-state index contributed by atoms with van der Waals surface area (Å²) in [5.74, 6) is 0.842. The van der Waals surface area contributed by atoms with Crippen molar-refractivity contribution >= 4 is 11.9 Å². The molecule has 5 heteroatoms. The summed E-state index contributed by atoms with van der Waals surface area (Å²) in [4.78, 5) is 27.5. The van der Waals surface area contributed by atoms with Crippen LogP contribution in [0.1, 0.15) is 24.8 Å². The summed E-state index contributed by atoms with van der Waals surface area (Å²) in [7, 11) is 1.65. The molecule has 0 aromatic heterocycles. The normalized spacial score (nSPS) is 21.1. The van der Waals surface area contributed by atoms with Gasteiger partial charge in [0.15, 0.2) is 0 Å². The van der Waals surface area contributed by atoms with Crippen molar-refractivity contribution in [1.29, 1.82) is 0 Å². The second-order valence-electron chi connectivity index (χ2n) is 5.54. The number of hydrogen-bond acceptors (Lipinski definition) is 3. The van der Waals surface area contributed by atoms with Crippen molar-refractivity contribution in [2.24, 2.45) is 0 Å². The molecule has 21 heavy (non-hydrogen) atoms. The maximum Gasteiger partial charge on any atom is 0.327 e. The van der Waals surface area contributed by atoms with Gasteiger partial charge in [-0.1, -0.05) is 18.2 Å². The predicted octanol–water partition coefficient (Wildman–Crippen LogP) is 2.05. The van der Waals surface area contributed by atoms with Crippen LogP contribution in [-0.2, 0) is 11.2 Å². The van der Waals surface area contributed by atoms with Gasteiger partial charge in [0.2, 0.25) is 0 Å². The molecule has 0 bridgehead atoms. The number of imide groups is 1. The van der Waals surface area contributed by atoms with Gasteiger partial charge in [-0.2, -0.15) is 0 Å². The van der Waals surface area contributed by atoms with Crippen LogP contribution >= 0.6 is 0 Å². The van der Waals surface area contributed by atoms with Crippen LogP contribution in [-0.4, -0.2) is 48.0 Å². The Balaban J connectivity index is 1.58. The van der Waals surface area contributed by atoms with Crippen molar-refractivity contribution in [2.45, 2.75) is 31.7 Å². The Labute approximate surface area is 124 Å². The third-order valence-electron chi connectivity index (χ3n) is 4.30. The second-order valence-corrected chi connectivity index (χ2v) is 5.54. The Morgan fingerprint density at radius 1 is 1.29 bits per heavy atom. The van der Waals surface area contributed by atoms with Gasteiger partial charge in [0, 0.05) is 13.1 Å². The van der Waals surface area contributed by atoms with Crippen molar-refractivity contribution in [2.75, 3.05) is 20.2 Å². The highest BCUT2D eigenvalue weighted by Gasteiger charge is 2.46. The van der Waals surface area contributed by atoms with E-state index in [9.17, 15) is 9.59 Å². The van der Waals surface area contributed by atoms with Gasteiger partial charge < -0.3 is 9.64 Å². The first-order valence-electron chi connectivity index (χ1n) is 7.46. The minimum absolute atomic E-state index is 0.0162. The molecule has 3 amide bonds. The number of urea groups is 1. The predicted molar refractivity (Wildman–Crippen MR) is 78.2 cm³/mol. The molecule has 0 saturated carbocycles. The fourth-order valence-electron chi connectivity index (χ4n) is 3.22. The van der Waals surface area contributed by atoms with Crippen LogP contribution in [0.25, 0.3) is 0 Å². The summed E-state index contributed by atoms with van der Waals surface area (Å²) in [6.07, 6.45) is 3.31. The van der Waals surface area contributed by atoms with Gasteiger partial charge in [-0.05, 0) is 37.3 Å². The molecule has 1 aromatic rings. The Morgan fingerprint density at radius 3 is 2.86 bits per heavy atom. The largest absolute Gasteiger partial charge is 0.496 e. The Kier molecular flexibility index (Phi) is 3.82. The van der Waals surface area contributed by atoms with Gasteiger partial charge in [-0.15, -0.1) is 0 Å². The minimum Gasteiger partial charge on any atom is -0.496 e.